The van der Waals surface area contributed by atoms with Gasteiger partial charge in [0.2, 0.25) is 5.91 Å². The van der Waals surface area contributed by atoms with Gasteiger partial charge in [-0.2, -0.15) is 0 Å². The lowest BCUT2D eigenvalue weighted by Gasteiger charge is -2.19. The molecule has 170 valence electrons. The Morgan fingerprint density at radius 1 is 1.34 bits per heavy atom. The number of aryl methyl sites for hydroxylation is 1. The molecule has 32 heavy (non-hydrogen) atoms. The summed E-state index contributed by atoms with van der Waals surface area (Å²) < 4.78 is 7.18. The second-order valence-electron chi connectivity index (χ2n) is 8.27. The highest BCUT2D eigenvalue weighted by atomic mass is 32.2. The van der Waals surface area contributed by atoms with E-state index in [1.807, 2.05) is 54.1 Å². The normalized spacial score (nSPS) is 16.4. The summed E-state index contributed by atoms with van der Waals surface area (Å²) in [6.07, 6.45) is 4.87. The molecule has 2 heterocycles. The average Bonchev–Trinajstić information content (AvgIpc) is 3.40. The Kier molecular flexibility index (Phi) is 7.20. The first-order chi connectivity index (χ1) is 15.5. The van der Waals surface area contributed by atoms with Gasteiger partial charge in [0.05, 0.1) is 17.2 Å². The Morgan fingerprint density at radius 3 is 2.84 bits per heavy atom. The summed E-state index contributed by atoms with van der Waals surface area (Å²) in [4.78, 5) is 15.3. The fourth-order valence-electron chi connectivity index (χ4n) is 3.98. The van der Waals surface area contributed by atoms with Crippen LogP contribution in [0.5, 0.6) is 5.75 Å². The van der Waals surface area contributed by atoms with Gasteiger partial charge in [-0.1, -0.05) is 37.2 Å². The third-order valence-corrected chi connectivity index (χ3v) is 8.46. The van der Waals surface area contributed by atoms with Crippen LogP contribution in [0.3, 0.4) is 0 Å². The number of fused-ring (bicyclic) bond motifs is 1. The summed E-state index contributed by atoms with van der Waals surface area (Å²) in [6, 6.07) is 9.99. The molecule has 1 aliphatic carbocycles. The number of nitrogens with one attached hydrogen (secondary N) is 1. The van der Waals surface area contributed by atoms with Gasteiger partial charge < -0.3 is 14.6 Å². The topological polar surface area (TPSA) is 69.0 Å². The lowest BCUT2D eigenvalue weighted by atomic mass is 9.87. The van der Waals surface area contributed by atoms with Crippen LogP contribution >= 0.6 is 23.1 Å². The third kappa shape index (κ3) is 5.02. The molecule has 6 nitrogen and oxygen atoms in total. The van der Waals surface area contributed by atoms with Crippen LogP contribution in [0.15, 0.2) is 35.5 Å². The van der Waals surface area contributed by atoms with E-state index in [0.29, 0.717) is 6.54 Å². The highest BCUT2D eigenvalue weighted by Crippen LogP contribution is 2.38. The Balaban J connectivity index is 1.38. The van der Waals surface area contributed by atoms with Crippen molar-refractivity contribution in [1.82, 2.24) is 20.1 Å². The number of aromatic nitrogens is 3. The van der Waals surface area contributed by atoms with Crippen LogP contribution in [-0.4, -0.2) is 33.0 Å². The van der Waals surface area contributed by atoms with Gasteiger partial charge in [-0.3, -0.25) is 4.79 Å². The number of thiophene rings is 1. The Labute approximate surface area is 197 Å². The van der Waals surface area contributed by atoms with Crippen LogP contribution in [0.4, 0.5) is 0 Å². The van der Waals surface area contributed by atoms with E-state index in [0.717, 1.165) is 28.2 Å². The number of hydrogen-bond donors (Lipinski definition) is 1. The smallest absolute Gasteiger partial charge is 0.233 e. The first kappa shape index (κ1) is 22.9. The minimum Gasteiger partial charge on any atom is -0.497 e. The van der Waals surface area contributed by atoms with E-state index in [-0.39, 0.29) is 11.2 Å². The molecule has 2 aromatic heterocycles. The number of thioether (sulfide) groups is 1. The average molecular weight is 471 g/mol. The molecule has 0 radical (unpaired) electrons. The monoisotopic (exact) mass is 470 g/mol. The molecule has 0 saturated heterocycles. The molecule has 0 aliphatic heterocycles. The summed E-state index contributed by atoms with van der Waals surface area (Å²) in [6.45, 7) is 4.66. The van der Waals surface area contributed by atoms with Crippen molar-refractivity contribution in [2.45, 2.75) is 56.5 Å². The van der Waals surface area contributed by atoms with E-state index in [9.17, 15) is 4.79 Å². The summed E-state index contributed by atoms with van der Waals surface area (Å²) in [7, 11) is 3.62. The van der Waals surface area contributed by atoms with Crippen LogP contribution in [0.25, 0.3) is 10.7 Å². The van der Waals surface area contributed by atoms with Gasteiger partial charge in [0.25, 0.3) is 0 Å². The molecule has 0 bridgehead atoms. The maximum absolute atomic E-state index is 12.6. The van der Waals surface area contributed by atoms with Crippen molar-refractivity contribution in [3.05, 3.63) is 46.3 Å². The van der Waals surface area contributed by atoms with Crippen molar-refractivity contribution in [2.75, 3.05) is 7.11 Å². The number of rotatable bonds is 8. The molecule has 2 atom stereocenters. The van der Waals surface area contributed by atoms with E-state index >= 15 is 0 Å². The molecule has 0 fully saturated rings. The van der Waals surface area contributed by atoms with Crippen LogP contribution < -0.4 is 10.1 Å². The molecule has 1 N–H and O–H groups in total. The highest BCUT2D eigenvalue weighted by molar-refractivity contribution is 8.00. The Hall–Kier alpha value is -2.32. The minimum absolute atomic E-state index is 0.0208. The molecule has 0 saturated carbocycles. The quantitative estimate of drug-likeness (QED) is 0.476. The number of ether oxygens (including phenoxy) is 1. The molecule has 3 aromatic rings. The second kappa shape index (κ2) is 10.1. The summed E-state index contributed by atoms with van der Waals surface area (Å²) >= 11 is 3.28. The maximum Gasteiger partial charge on any atom is 0.233 e. The van der Waals surface area contributed by atoms with Gasteiger partial charge in [-0.05, 0) is 61.4 Å². The Bertz CT molecular complexity index is 1070. The van der Waals surface area contributed by atoms with Gasteiger partial charge in [-0.25, -0.2) is 0 Å². The molecule has 1 aromatic carbocycles. The zero-order valence-corrected chi connectivity index (χ0v) is 20.7. The lowest BCUT2D eigenvalue weighted by Crippen LogP contribution is -2.30. The van der Waals surface area contributed by atoms with E-state index in [1.54, 1.807) is 7.11 Å². The fraction of sp³-hybridized carbons (Fsp3) is 0.458. The van der Waals surface area contributed by atoms with E-state index in [4.69, 9.17) is 4.74 Å². The van der Waals surface area contributed by atoms with Gasteiger partial charge in [-0.15, -0.1) is 21.5 Å². The van der Waals surface area contributed by atoms with E-state index in [2.05, 4.69) is 28.5 Å². The molecule has 0 spiro atoms. The zero-order chi connectivity index (χ0) is 22.7. The lowest BCUT2D eigenvalue weighted by molar-refractivity contribution is -0.120. The molecule has 2 unspecified atom stereocenters. The van der Waals surface area contributed by atoms with Crippen LogP contribution in [0, 0.1) is 5.92 Å². The van der Waals surface area contributed by atoms with Crippen LogP contribution in [-0.2, 0) is 31.2 Å². The number of nitrogens with zero attached hydrogens (tertiary/aromatic N) is 3. The molecule has 1 amide bonds. The number of benzene rings is 1. The van der Waals surface area contributed by atoms with Crippen LogP contribution in [0.1, 0.15) is 42.7 Å². The molecular formula is C24H30N4O2S2. The first-order valence-corrected chi connectivity index (χ1v) is 12.8. The molecule has 8 heteroatoms. The molecule has 1 aliphatic rings. The SMILES string of the molecule is CCC1CCc2sc(-c3nnc(SC(C)C(=O)NCc4ccc(OC)cc4)n3C)cc2C1. The second-order valence-corrected chi connectivity index (χ2v) is 10.7. The maximum atomic E-state index is 12.6. The fourth-order valence-corrected chi connectivity index (χ4v) is 6.05. The Morgan fingerprint density at radius 2 is 2.12 bits per heavy atom. The predicted octanol–water partition coefficient (Wildman–Crippen LogP) is 4.86. The summed E-state index contributed by atoms with van der Waals surface area (Å²) in [5, 5.41) is 12.3. The van der Waals surface area contributed by atoms with Gasteiger partial charge in [0.15, 0.2) is 11.0 Å². The van der Waals surface area contributed by atoms with Gasteiger partial charge in [0.1, 0.15) is 5.75 Å². The van der Waals surface area contributed by atoms with E-state index in [1.165, 1.54) is 52.8 Å². The molecular weight excluding hydrogens is 440 g/mol. The summed E-state index contributed by atoms with van der Waals surface area (Å²) in [5.74, 6) is 2.46. The van der Waals surface area contributed by atoms with E-state index < -0.39 is 0 Å². The number of methoxy groups -OCH3 is 1. The number of carbonyl (C=O) groups is 1. The first-order valence-electron chi connectivity index (χ1n) is 11.1. The van der Waals surface area contributed by atoms with Crippen molar-refractivity contribution in [1.29, 1.82) is 0 Å². The van der Waals surface area contributed by atoms with Crippen molar-refractivity contribution in [3.8, 4) is 16.5 Å². The van der Waals surface area contributed by atoms with Crippen molar-refractivity contribution in [3.63, 3.8) is 0 Å². The van der Waals surface area contributed by atoms with Crippen molar-refractivity contribution >= 4 is 29.0 Å². The number of hydrogen-bond acceptors (Lipinski definition) is 6. The van der Waals surface area contributed by atoms with Gasteiger partial charge >= 0.3 is 0 Å². The van der Waals surface area contributed by atoms with Crippen molar-refractivity contribution in [2.24, 2.45) is 13.0 Å². The number of amides is 1. The largest absolute Gasteiger partial charge is 0.497 e. The summed E-state index contributed by atoms with van der Waals surface area (Å²) in [5.41, 5.74) is 2.51. The van der Waals surface area contributed by atoms with Crippen LogP contribution in [0.2, 0.25) is 0 Å². The number of carbonyl (C=O) groups excluding carboxylic acids is 1. The molecule has 4 rings (SSSR count). The third-order valence-electron chi connectivity index (χ3n) is 6.09. The predicted molar refractivity (Wildman–Crippen MR) is 130 cm³/mol. The highest BCUT2D eigenvalue weighted by Gasteiger charge is 2.24. The van der Waals surface area contributed by atoms with Gasteiger partial charge in [0, 0.05) is 18.5 Å². The standard InChI is InChI=1S/C24H30N4O2S2/c1-5-16-8-11-20-18(12-16)13-21(32-20)22-26-27-24(28(22)3)31-15(2)23(29)25-14-17-6-9-19(30-4)10-7-17/h6-7,9-10,13,15-16H,5,8,11-12,14H2,1-4H3,(H,25,29). The minimum atomic E-state index is -0.272. The zero-order valence-electron chi connectivity index (χ0n) is 19.1. The van der Waals surface area contributed by atoms with Crippen molar-refractivity contribution < 1.29 is 9.53 Å².